The molecule has 13 heteroatoms. The van der Waals surface area contributed by atoms with E-state index in [4.69, 9.17) is 11.6 Å². The summed E-state index contributed by atoms with van der Waals surface area (Å²) in [7, 11) is 0. The Morgan fingerprint density at radius 2 is 1.74 bits per heavy atom. The van der Waals surface area contributed by atoms with Gasteiger partial charge in [-0.15, -0.1) is 4.91 Å². The SMILES string of the molecule is CC(C)(Cn1c(=O)nc(Nc2cccc(C(F)(F)F)c2)n(Cc2ccc(Cl)cc2)c1=O)C(=O)N=O. The van der Waals surface area contributed by atoms with E-state index in [-0.39, 0.29) is 18.2 Å². The van der Waals surface area contributed by atoms with Gasteiger partial charge in [0.1, 0.15) is 0 Å². The van der Waals surface area contributed by atoms with Crippen LogP contribution in [0.1, 0.15) is 25.0 Å². The standard InChI is InChI=1S/C22H19ClF3N5O4/c1-21(2,17(32)29-35)12-31-19(33)28-18(27-16-5-3-4-14(10-16)22(24,25)26)30(20(31)34)11-13-6-8-15(23)9-7-13/h3-10H,11-12H2,1-2H3,(H,27,28,33). The van der Waals surface area contributed by atoms with Crippen molar-refractivity contribution in [2.75, 3.05) is 5.32 Å². The van der Waals surface area contributed by atoms with Gasteiger partial charge in [-0.3, -0.25) is 9.36 Å². The van der Waals surface area contributed by atoms with E-state index in [2.05, 4.69) is 15.5 Å². The van der Waals surface area contributed by atoms with Gasteiger partial charge in [0.15, 0.2) is 0 Å². The molecule has 0 saturated heterocycles. The third kappa shape index (κ3) is 6.01. The minimum Gasteiger partial charge on any atom is -0.325 e. The summed E-state index contributed by atoms with van der Waals surface area (Å²) < 4.78 is 41.0. The van der Waals surface area contributed by atoms with Crippen molar-refractivity contribution in [3.63, 3.8) is 0 Å². The fourth-order valence-electron chi connectivity index (χ4n) is 3.16. The van der Waals surface area contributed by atoms with Gasteiger partial charge in [-0.05, 0) is 49.7 Å². The van der Waals surface area contributed by atoms with Crippen molar-refractivity contribution in [3.8, 4) is 0 Å². The Hall–Kier alpha value is -3.80. The average molecular weight is 510 g/mol. The van der Waals surface area contributed by atoms with Crippen LogP contribution < -0.4 is 16.7 Å². The lowest BCUT2D eigenvalue weighted by Gasteiger charge is -2.21. The molecule has 0 bridgehead atoms. The lowest BCUT2D eigenvalue weighted by atomic mass is 9.93. The first kappa shape index (κ1) is 25.8. The van der Waals surface area contributed by atoms with Crippen LogP contribution in [0.4, 0.5) is 24.8 Å². The van der Waals surface area contributed by atoms with Crippen LogP contribution in [-0.4, -0.2) is 20.0 Å². The van der Waals surface area contributed by atoms with Crippen LogP contribution in [0.5, 0.6) is 0 Å². The van der Waals surface area contributed by atoms with E-state index in [1.54, 1.807) is 24.3 Å². The molecule has 0 aliphatic heterocycles. The predicted molar refractivity (Wildman–Crippen MR) is 123 cm³/mol. The molecular weight excluding hydrogens is 491 g/mol. The first-order chi connectivity index (χ1) is 16.3. The van der Waals surface area contributed by atoms with Gasteiger partial charge < -0.3 is 5.32 Å². The molecule has 0 unspecified atom stereocenters. The highest BCUT2D eigenvalue weighted by molar-refractivity contribution is 6.30. The molecule has 3 rings (SSSR count). The second-order valence-corrected chi connectivity index (χ2v) is 8.72. The number of anilines is 2. The molecule has 0 saturated carbocycles. The van der Waals surface area contributed by atoms with Crippen LogP contribution in [-0.2, 0) is 24.1 Å². The van der Waals surface area contributed by atoms with Crippen molar-refractivity contribution >= 4 is 29.1 Å². The van der Waals surface area contributed by atoms with Crippen LogP contribution in [0.25, 0.3) is 0 Å². The van der Waals surface area contributed by atoms with Gasteiger partial charge in [0, 0.05) is 22.4 Å². The summed E-state index contributed by atoms with van der Waals surface area (Å²) >= 11 is 5.90. The molecule has 3 aromatic rings. The number of carbonyl (C=O) groups is 1. The van der Waals surface area contributed by atoms with Gasteiger partial charge in [0.05, 0.1) is 17.5 Å². The lowest BCUT2D eigenvalue weighted by molar-refractivity contribution is -0.137. The Balaban J connectivity index is 2.13. The fourth-order valence-corrected chi connectivity index (χ4v) is 3.29. The maximum atomic E-state index is 13.3. The average Bonchev–Trinajstić information content (AvgIpc) is 2.79. The summed E-state index contributed by atoms with van der Waals surface area (Å²) in [5, 5.41) is 5.40. The third-order valence-electron chi connectivity index (χ3n) is 5.07. The summed E-state index contributed by atoms with van der Waals surface area (Å²) in [5.41, 5.74) is -3.88. The molecule has 1 amide bonds. The number of hydrogen-bond acceptors (Lipinski definition) is 6. The highest BCUT2D eigenvalue weighted by Gasteiger charge is 2.32. The maximum Gasteiger partial charge on any atom is 0.416 e. The number of alkyl halides is 3. The third-order valence-corrected chi connectivity index (χ3v) is 5.32. The normalized spacial score (nSPS) is 11.8. The number of nitrogens with zero attached hydrogens (tertiary/aromatic N) is 4. The smallest absolute Gasteiger partial charge is 0.325 e. The van der Waals surface area contributed by atoms with Gasteiger partial charge in [0.25, 0.3) is 5.91 Å². The Labute approximate surface area is 201 Å². The van der Waals surface area contributed by atoms with E-state index in [1.807, 2.05) is 0 Å². The number of aromatic nitrogens is 3. The van der Waals surface area contributed by atoms with E-state index < -0.39 is 41.0 Å². The number of benzene rings is 2. The molecule has 2 aromatic carbocycles. The molecule has 0 spiro atoms. The minimum atomic E-state index is -4.61. The zero-order valence-electron chi connectivity index (χ0n) is 18.5. The number of nitroso groups, excluding NO2 is 1. The Kier molecular flexibility index (Phi) is 7.25. The summed E-state index contributed by atoms with van der Waals surface area (Å²) in [6.45, 7) is 2.04. The molecule has 184 valence electrons. The quantitative estimate of drug-likeness (QED) is 0.477. The molecule has 1 N–H and O–H groups in total. The van der Waals surface area contributed by atoms with Gasteiger partial charge >= 0.3 is 17.6 Å². The van der Waals surface area contributed by atoms with Gasteiger partial charge in [-0.1, -0.05) is 29.8 Å². The van der Waals surface area contributed by atoms with Crippen molar-refractivity contribution < 1.29 is 18.0 Å². The molecule has 0 aliphatic carbocycles. The molecule has 9 nitrogen and oxygen atoms in total. The van der Waals surface area contributed by atoms with Crippen LogP contribution in [0.3, 0.4) is 0 Å². The van der Waals surface area contributed by atoms with Crippen molar-refractivity contribution in [3.05, 3.63) is 90.6 Å². The monoisotopic (exact) mass is 509 g/mol. The van der Waals surface area contributed by atoms with Crippen LogP contribution in [0.2, 0.25) is 5.02 Å². The number of rotatable bonds is 7. The van der Waals surface area contributed by atoms with Crippen molar-refractivity contribution in [1.82, 2.24) is 14.1 Å². The van der Waals surface area contributed by atoms with E-state index >= 15 is 0 Å². The summed E-state index contributed by atoms with van der Waals surface area (Å²) in [4.78, 5) is 52.4. The van der Waals surface area contributed by atoms with Crippen molar-refractivity contribution in [2.24, 2.45) is 10.6 Å². The number of nitrogens with one attached hydrogen (secondary N) is 1. The van der Waals surface area contributed by atoms with E-state index in [0.29, 0.717) is 15.2 Å². The second kappa shape index (κ2) is 9.82. The first-order valence-corrected chi connectivity index (χ1v) is 10.5. The largest absolute Gasteiger partial charge is 0.416 e. The molecule has 1 aromatic heterocycles. The van der Waals surface area contributed by atoms with Gasteiger partial charge in [0.2, 0.25) is 5.95 Å². The Morgan fingerprint density at radius 1 is 1.09 bits per heavy atom. The van der Waals surface area contributed by atoms with Gasteiger partial charge in [-0.25, -0.2) is 14.2 Å². The zero-order valence-corrected chi connectivity index (χ0v) is 19.2. The van der Waals surface area contributed by atoms with Crippen molar-refractivity contribution in [1.29, 1.82) is 0 Å². The van der Waals surface area contributed by atoms with E-state index in [0.717, 1.165) is 22.8 Å². The zero-order chi connectivity index (χ0) is 26.0. The topological polar surface area (TPSA) is 115 Å². The molecule has 0 radical (unpaired) electrons. The maximum absolute atomic E-state index is 13.3. The molecule has 0 atom stereocenters. The number of carbonyl (C=O) groups excluding carboxylic acids is 1. The number of amides is 1. The Bertz CT molecular complexity index is 1380. The minimum absolute atomic E-state index is 0.0607. The lowest BCUT2D eigenvalue weighted by Crippen LogP contribution is -2.46. The van der Waals surface area contributed by atoms with E-state index in [9.17, 15) is 32.5 Å². The van der Waals surface area contributed by atoms with Crippen LogP contribution in [0, 0.1) is 10.3 Å². The molecule has 35 heavy (non-hydrogen) atoms. The highest BCUT2D eigenvalue weighted by atomic mass is 35.5. The molecular formula is C22H19ClF3N5O4. The second-order valence-electron chi connectivity index (χ2n) is 8.28. The first-order valence-electron chi connectivity index (χ1n) is 10.1. The molecule has 0 fully saturated rings. The van der Waals surface area contributed by atoms with E-state index in [1.165, 1.54) is 19.9 Å². The van der Waals surface area contributed by atoms with Crippen LogP contribution >= 0.6 is 11.6 Å². The molecule has 1 heterocycles. The van der Waals surface area contributed by atoms with Crippen LogP contribution in [0.15, 0.2) is 63.3 Å². The Morgan fingerprint density at radius 3 is 2.34 bits per heavy atom. The summed E-state index contributed by atoms with van der Waals surface area (Å²) in [6.07, 6.45) is -4.61. The molecule has 0 aliphatic rings. The van der Waals surface area contributed by atoms with Crippen molar-refractivity contribution in [2.45, 2.75) is 33.1 Å². The summed E-state index contributed by atoms with van der Waals surface area (Å²) in [6, 6.07) is 10.5. The fraction of sp³-hybridized carbons (Fsp3) is 0.273. The highest BCUT2D eigenvalue weighted by Crippen LogP contribution is 2.31. The number of hydrogen-bond donors (Lipinski definition) is 1. The van der Waals surface area contributed by atoms with Gasteiger partial charge in [-0.2, -0.15) is 18.2 Å². The number of halogens is 4. The summed E-state index contributed by atoms with van der Waals surface area (Å²) in [5.74, 6) is -1.39. The predicted octanol–water partition coefficient (Wildman–Crippen LogP) is 4.19.